The van der Waals surface area contributed by atoms with Crippen LogP contribution in [0.2, 0.25) is 0 Å². The van der Waals surface area contributed by atoms with Crippen LogP contribution in [0.1, 0.15) is 0 Å². The van der Waals surface area contributed by atoms with Crippen LogP contribution in [0.3, 0.4) is 0 Å². The Kier molecular flexibility index (Phi) is 6.07. The quantitative estimate of drug-likeness (QED) is 0.232. The minimum absolute atomic E-state index is 0.645. The smallest absolute Gasteiger partial charge is 0.164 e. The molecule has 0 aliphatic heterocycles. The van der Waals surface area contributed by atoms with Gasteiger partial charge < -0.3 is 0 Å². The van der Waals surface area contributed by atoms with Crippen molar-refractivity contribution in [3.8, 4) is 56.7 Å². The van der Waals surface area contributed by atoms with Gasteiger partial charge in [-0.3, -0.25) is 0 Å². The molecule has 0 amide bonds. The van der Waals surface area contributed by atoms with Crippen LogP contribution in [-0.2, 0) is 0 Å². The van der Waals surface area contributed by atoms with Gasteiger partial charge in [0.1, 0.15) is 0 Å². The maximum Gasteiger partial charge on any atom is 0.164 e. The summed E-state index contributed by atoms with van der Waals surface area (Å²) in [7, 11) is 0. The molecule has 5 aromatic carbocycles. The summed E-state index contributed by atoms with van der Waals surface area (Å²) in [6, 6.07) is 43.0. The Hall–Kier alpha value is -5.55. The van der Waals surface area contributed by atoms with E-state index in [-0.39, 0.29) is 0 Å². The molecule has 0 radical (unpaired) electrons. The Morgan fingerprint density at radius 3 is 1.35 bits per heavy atom. The number of rotatable bonds is 5. The summed E-state index contributed by atoms with van der Waals surface area (Å²) >= 11 is 0. The highest BCUT2D eigenvalue weighted by Crippen LogP contribution is 2.36. The van der Waals surface area contributed by atoms with Crippen molar-refractivity contribution in [2.24, 2.45) is 0 Å². The second kappa shape index (κ2) is 10.3. The summed E-state index contributed by atoms with van der Waals surface area (Å²) < 4.78 is 0. The molecule has 2 aromatic heterocycles. The van der Waals surface area contributed by atoms with Gasteiger partial charge in [-0.05, 0) is 34.0 Å². The van der Waals surface area contributed by atoms with Crippen molar-refractivity contribution in [3.63, 3.8) is 0 Å². The fourth-order valence-electron chi connectivity index (χ4n) is 4.92. The SMILES string of the molecule is c1ccc(-c2nc(-c3ccccc3)nc(-c3ccc(-c4ccc(-c5ncccn5)cc4)c4ccccc34)n2)cc1. The fourth-order valence-corrected chi connectivity index (χ4v) is 4.92. The molecular weight excluding hydrogens is 490 g/mol. The van der Waals surface area contributed by atoms with Crippen LogP contribution in [0.25, 0.3) is 67.5 Å². The molecule has 7 rings (SSSR count). The van der Waals surface area contributed by atoms with E-state index in [1.165, 1.54) is 0 Å². The van der Waals surface area contributed by atoms with Gasteiger partial charge in [0.25, 0.3) is 0 Å². The predicted octanol–water partition coefficient (Wildman–Crippen LogP) is 8.15. The lowest BCUT2D eigenvalue weighted by Gasteiger charge is -2.13. The molecule has 0 saturated heterocycles. The van der Waals surface area contributed by atoms with Crippen LogP contribution < -0.4 is 0 Å². The van der Waals surface area contributed by atoms with Gasteiger partial charge >= 0.3 is 0 Å². The molecule has 0 bridgehead atoms. The van der Waals surface area contributed by atoms with E-state index in [2.05, 4.69) is 70.6 Å². The summed E-state index contributed by atoms with van der Waals surface area (Å²) in [5.74, 6) is 2.66. The van der Waals surface area contributed by atoms with E-state index in [1.54, 1.807) is 12.4 Å². The first kappa shape index (κ1) is 23.6. The minimum atomic E-state index is 0.645. The zero-order valence-corrected chi connectivity index (χ0v) is 21.5. The first-order valence-electron chi connectivity index (χ1n) is 13.1. The third-order valence-electron chi connectivity index (χ3n) is 6.88. The average molecular weight is 514 g/mol. The molecule has 2 heterocycles. The van der Waals surface area contributed by atoms with Gasteiger partial charge in [0.05, 0.1) is 0 Å². The predicted molar refractivity (Wildman–Crippen MR) is 160 cm³/mol. The van der Waals surface area contributed by atoms with Crippen molar-refractivity contribution >= 4 is 10.8 Å². The van der Waals surface area contributed by atoms with Crippen LogP contribution >= 0.6 is 0 Å². The Labute approximate surface area is 231 Å². The van der Waals surface area contributed by atoms with Crippen LogP contribution in [0, 0.1) is 0 Å². The molecule has 7 aromatic rings. The van der Waals surface area contributed by atoms with Crippen molar-refractivity contribution in [1.82, 2.24) is 24.9 Å². The number of aromatic nitrogens is 5. The molecular formula is C35H23N5. The molecule has 40 heavy (non-hydrogen) atoms. The summed E-state index contributed by atoms with van der Waals surface area (Å²) in [5, 5.41) is 2.21. The van der Waals surface area contributed by atoms with Gasteiger partial charge in [-0.15, -0.1) is 0 Å². The molecule has 5 heteroatoms. The first-order valence-corrected chi connectivity index (χ1v) is 13.1. The van der Waals surface area contributed by atoms with Gasteiger partial charge in [-0.25, -0.2) is 24.9 Å². The molecule has 0 fully saturated rings. The molecule has 0 N–H and O–H groups in total. The molecule has 0 unspecified atom stereocenters. The van der Waals surface area contributed by atoms with E-state index in [0.29, 0.717) is 23.3 Å². The van der Waals surface area contributed by atoms with E-state index >= 15 is 0 Å². The first-order chi connectivity index (χ1) is 19.8. The van der Waals surface area contributed by atoms with Gasteiger partial charge in [-0.2, -0.15) is 0 Å². The maximum absolute atomic E-state index is 4.96. The molecule has 0 atom stereocenters. The van der Waals surface area contributed by atoms with E-state index in [9.17, 15) is 0 Å². The summed E-state index contributed by atoms with van der Waals surface area (Å²) in [6.07, 6.45) is 3.52. The number of hydrogen-bond donors (Lipinski definition) is 0. The minimum Gasteiger partial charge on any atom is -0.237 e. The number of hydrogen-bond acceptors (Lipinski definition) is 5. The Morgan fingerprint density at radius 2 is 0.750 bits per heavy atom. The van der Waals surface area contributed by atoms with Gasteiger partial charge in [0.15, 0.2) is 23.3 Å². The second-order valence-corrected chi connectivity index (χ2v) is 9.39. The van der Waals surface area contributed by atoms with Crippen LogP contribution in [0.4, 0.5) is 0 Å². The molecule has 0 spiro atoms. The number of benzene rings is 5. The van der Waals surface area contributed by atoms with Gasteiger partial charge in [0, 0.05) is 34.6 Å². The molecule has 0 aliphatic carbocycles. The standard InChI is InChI=1S/C35H23N5/c1-3-10-25(11-4-1)33-38-34(26-12-5-2-6-13-26)40-35(39-33)31-21-20-28(29-14-7-8-15-30(29)31)24-16-18-27(19-17-24)32-36-22-9-23-37-32/h1-23H. The highest BCUT2D eigenvalue weighted by molar-refractivity contribution is 6.04. The Balaban J connectivity index is 1.37. The molecule has 188 valence electrons. The number of nitrogens with zero attached hydrogens (tertiary/aromatic N) is 5. The highest BCUT2D eigenvalue weighted by atomic mass is 15.0. The van der Waals surface area contributed by atoms with Crippen LogP contribution in [-0.4, -0.2) is 24.9 Å². The lowest BCUT2D eigenvalue weighted by atomic mass is 9.94. The monoisotopic (exact) mass is 513 g/mol. The Morgan fingerprint density at radius 1 is 0.300 bits per heavy atom. The third kappa shape index (κ3) is 4.50. The van der Waals surface area contributed by atoms with Crippen molar-refractivity contribution < 1.29 is 0 Å². The lowest BCUT2D eigenvalue weighted by molar-refractivity contribution is 1.08. The fraction of sp³-hybridized carbons (Fsp3) is 0. The second-order valence-electron chi connectivity index (χ2n) is 9.39. The van der Waals surface area contributed by atoms with Crippen LogP contribution in [0.5, 0.6) is 0 Å². The zero-order valence-electron chi connectivity index (χ0n) is 21.5. The summed E-state index contributed by atoms with van der Waals surface area (Å²) in [5.41, 5.74) is 6.11. The average Bonchev–Trinajstić information content (AvgIpc) is 3.05. The highest BCUT2D eigenvalue weighted by Gasteiger charge is 2.16. The topological polar surface area (TPSA) is 64.5 Å². The van der Waals surface area contributed by atoms with Crippen molar-refractivity contribution in [2.45, 2.75) is 0 Å². The van der Waals surface area contributed by atoms with E-state index in [4.69, 9.17) is 15.0 Å². The van der Waals surface area contributed by atoms with Crippen molar-refractivity contribution in [1.29, 1.82) is 0 Å². The largest absolute Gasteiger partial charge is 0.237 e. The third-order valence-corrected chi connectivity index (χ3v) is 6.88. The normalized spacial score (nSPS) is 11.0. The lowest BCUT2D eigenvalue weighted by Crippen LogP contribution is -2.00. The van der Waals surface area contributed by atoms with Gasteiger partial charge in [0.2, 0.25) is 0 Å². The van der Waals surface area contributed by atoms with Gasteiger partial charge in [-0.1, -0.05) is 115 Å². The van der Waals surface area contributed by atoms with E-state index in [1.807, 2.05) is 66.7 Å². The van der Waals surface area contributed by atoms with E-state index < -0.39 is 0 Å². The van der Waals surface area contributed by atoms with E-state index in [0.717, 1.165) is 44.2 Å². The Bertz CT molecular complexity index is 1860. The zero-order chi connectivity index (χ0) is 26.7. The van der Waals surface area contributed by atoms with Crippen LogP contribution in [0.15, 0.2) is 140 Å². The molecule has 5 nitrogen and oxygen atoms in total. The summed E-state index contributed by atoms with van der Waals surface area (Å²) in [6.45, 7) is 0. The van der Waals surface area contributed by atoms with Crippen molar-refractivity contribution in [2.75, 3.05) is 0 Å². The van der Waals surface area contributed by atoms with Crippen molar-refractivity contribution in [3.05, 3.63) is 140 Å². The molecule has 0 saturated carbocycles. The maximum atomic E-state index is 4.96. The number of fused-ring (bicyclic) bond motifs is 1. The molecule has 0 aliphatic rings. The summed E-state index contributed by atoms with van der Waals surface area (Å²) in [4.78, 5) is 23.5.